The molecule has 0 rings (SSSR count). The summed E-state index contributed by atoms with van der Waals surface area (Å²) in [4.78, 5) is 0. The average Bonchev–Trinajstić information content (AvgIpc) is 1.41. The largest absolute Gasteiger partial charge is 0.0654 e. The molecule has 0 N–H and O–H groups in total. The van der Waals surface area contributed by atoms with Gasteiger partial charge < -0.3 is 0 Å². The topological polar surface area (TPSA) is 0 Å². The first-order valence-corrected chi connectivity index (χ1v) is 2.41. The monoisotopic (exact) mass is 104 g/mol. The van der Waals surface area contributed by atoms with Crippen molar-refractivity contribution in [2.24, 2.45) is 0 Å². The maximum atomic E-state index is 2.21. The summed E-state index contributed by atoms with van der Waals surface area (Å²) < 4.78 is 0. The summed E-state index contributed by atoms with van der Waals surface area (Å²) >= 11 is 0. The molecule has 0 saturated carbocycles. The Morgan fingerprint density at radius 2 is 1.33 bits per heavy atom. The molecule has 1 heteroatoms. The quantitative estimate of drug-likeness (QED) is 0.505. The van der Waals surface area contributed by atoms with E-state index in [1.54, 1.807) is 0 Å². The van der Waals surface area contributed by atoms with Crippen LogP contribution in [0, 0.1) is 0 Å². The Balaban J connectivity index is 0. The molecule has 0 aliphatic heterocycles. The second-order valence-corrected chi connectivity index (χ2v) is 1.35. The van der Waals surface area contributed by atoms with E-state index in [2.05, 4.69) is 13.8 Å². The van der Waals surface area contributed by atoms with E-state index in [1.807, 2.05) is 0 Å². The second-order valence-electron chi connectivity index (χ2n) is 1.35. The number of rotatable bonds is 2. The lowest BCUT2D eigenvalue weighted by molar-refractivity contribution is 0.772. The summed E-state index contributed by atoms with van der Waals surface area (Å²) in [6, 6.07) is 0. The SMILES string of the molecule is CCCCC.[S]. The molecule has 0 saturated heterocycles. The molecular weight excluding hydrogens is 92.1 g/mol. The van der Waals surface area contributed by atoms with E-state index < -0.39 is 0 Å². The molecule has 38 valence electrons. The number of hydrogen-bond donors (Lipinski definition) is 0. The highest BCUT2D eigenvalue weighted by Gasteiger charge is 1.68. The molecule has 0 spiro atoms. The first-order valence-electron chi connectivity index (χ1n) is 2.41. The van der Waals surface area contributed by atoms with Gasteiger partial charge in [0.2, 0.25) is 0 Å². The molecule has 0 aliphatic carbocycles. The van der Waals surface area contributed by atoms with Crippen LogP contribution in [0.2, 0.25) is 0 Å². The summed E-state index contributed by atoms with van der Waals surface area (Å²) in [7, 11) is 0. The van der Waals surface area contributed by atoms with Gasteiger partial charge in [-0.3, -0.25) is 0 Å². The molecule has 0 aliphatic rings. The van der Waals surface area contributed by atoms with Crippen molar-refractivity contribution in [2.75, 3.05) is 0 Å². The van der Waals surface area contributed by atoms with Crippen LogP contribution in [0.4, 0.5) is 0 Å². The lowest BCUT2D eigenvalue weighted by atomic mass is 10.3. The standard InChI is InChI=1S/C5H12.S/c1-3-5-4-2;/h3-5H2,1-2H3;. The molecule has 6 heavy (non-hydrogen) atoms. The Bertz CT molecular complexity index is 11.4. The molecule has 0 atom stereocenters. The Morgan fingerprint density at radius 1 is 1.00 bits per heavy atom. The predicted octanol–water partition coefficient (Wildman–Crippen LogP) is 2.84. The molecule has 0 fully saturated rings. The van der Waals surface area contributed by atoms with Crippen LogP contribution in [-0.4, -0.2) is 0 Å². The van der Waals surface area contributed by atoms with Crippen molar-refractivity contribution < 1.29 is 0 Å². The minimum atomic E-state index is 0. The molecule has 0 unspecified atom stereocenters. The highest BCUT2D eigenvalue weighted by molar-refractivity contribution is 7.59. The number of unbranched alkanes of at least 4 members (excludes halogenated alkanes) is 2. The van der Waals surface area contributed by atoms with E-state index in [1.165, 1.54) is 19.3 Å². The Kier molecular flexibility index (Phi) is 14.4. The minimum Gasteiger partial charge on any atom is -0.0654 e. The summed E-state index contributed by atoms with van der Waals surface area (Å²) in [6.45, 7) is 4.42. The van der Waals surface area contributed by atoms with Gasteiger partial charge in [0.25, 0.3) is 0 Å². The van der Waals surface area contributed by atoms with Crippen LogP contribution in [0.15, 0.2) is 0 Å². The van der Waals surface area contributed by atoms with Crippen molar-refractivity contribution in [2.45, 2.75) is 33.1 Å². The van der Waals surface area contributed by atoms with Crippen LogP contribution in [-0.2, 0) is 0 Å². The lowest BCUT2D eigenvalue weighted by Crippen LogP contribution is -1.59. The van der Waals surface area contributed by atoms with Crippen molar-refractivity contribution in [3.05, 3.63) is 0 Å². The van der Waals surface area contributed by atoms with Crippen molar-refractivity contribution in [3.8, 4) is 0 Å². The maximum absolute atomic E-state index is 2.21. The van der Waals surface area contributed by atoms with Crippen LogP contribution >= 0.6 is 13.5 Å². The molecule has 0 heterocycles. The summed E-state index contributed by atoms with van der Waals surface area (Å²) in [5.74, 6) is 0. The zero-order chi connectivity index (χ0) is 4.12. The number of hydrogen-bond acceptors (Lipinski definition) is 0. The minimum absolute atomic E-state index is 0. The van der Waals surface area contributed by atoms with E-state index in [9.17, 15) is 0 Å². The molecule has 0 aromatic heterocycles. The van der Waals surface area contributed by atoms with Gasteiger partial charge in [0, 0.05) is 13.5 Å². The van der Waals surface area contributed by atoms with E-state index in [0.717, 1.165) is 0 Å². The van der Waals surface area contributed by atoms with Gasteiger partial charge in [-0.25, -0.2) is 0 Å². The van der Waals surface area contributed by atoms with Gasteiger partial charge in [-0.1, -0.05) is 33.1 Å². The van der Waals surface area contributed by atoms with Crippen LogP contribution in [0.1, 0.15) is 33.1 Å². The molecule has 0 aromatic rings. The summed E-state index contributed by atoms with van der Waals surface area (Å²) in [6.07, 6.45) is 4.08. The first-order chi connectivity index (χ1) is 2.41. The van der Waals surface area contributed by atoms with Gasteiger partial charge in [-0.2, -0.15) is 0 Å². The van der Waals surface area contributed by atoms with E-state index in [0.29, 0.717) is 0 Å². The maximum Gasteiger partial charge on any atom is 0 e. The fraction of sp³-hybridized carbons (Fsp3) is 1.00. The van der Waals surface area contributed by atoms with E-state index >= 15 is 0 Å². The third kappa shape index (κ3) is 8.84. The Labute approximate surface area is 47.4 Å². The molecule has 0 aromatic carbocycles. The van der Waals surface area contributed by atoms with E-state index in [4.69, 9.17) is 0 Å². The van der Waals surface area contributed by atoms with E-state index in [-0.39, 0.29) is 13.5 Å². The predicted molar refractivity (Wildman–Crippen MR) is 32.8 cm³/mol. The molecule has 0 bridgehead atoms. The molecular formula is C5H12S. The van der Waals surface area contributed by atoms with Crippen LogP contribution in [0.5, 0.6) is 0 Å². The van der Waals surface area contributed by atoms with Crippen molar-refractivity contribution in [3.63, 3.8) is 0 Å². The third-order valence-electron chi connectivity index (χ3n) is 0.707. The lowest BCUT2D eigenvalue weighted by Gasteiger charge is -1.79. The zero-order valence-corrected chi connectivity index (χ0v) is 5.35. The average molecular weight is 104 g/mol. The van der Waals surface area contributed by atoms with Gasteiger partial charge in [-0.05, 0) is 0 Å². The molecule has 0 nitrogen and oxygen atoms in total. The highest BCUT2D eigenvalue weighted by Crippen LogP contribution is 1.88. The van der Waals surface area contributed by atoms with Gasteiger partial charge >= 0.3 is 0 Å². The third-order valence-corrected chi connectivity index (χ3v) is 0.707. The van der Waals surface area contributed by atoms with Crippen molar-refractivity contribution in [1.82, 2.24) is 0 Å². The van der Waals surface area contributed by atoms with Crippen LogP contribution in [0.3, 0.4) is 0 Å². The van der Waals surface area contributed by atoms with Crippen LogP contribution < -0.4 is 0 Å². The van der Waals surface area contributed by atoms with Crippen molar-refractivity contribution in [1.29, 1.82) is 0 Å². The van der Waals surface area contributed by atoms with Gasteiger partial charge in [-0.15, -0.1) is 0 Å². The first kappa shape index (κ1) is 9.61. The van der Waals surface area contributed by atoms with Crippen molar-refractivity contribution >= 4 is 13.5 Å². The summed E-state index contributed by atoms with van der Waals surface area (Å²) in [5.41, 5.74) is 0. The van der Waals surface area contributed by atoms with Gasteiger partial charge in [0.1, 0.15) is 0 Å². The summed E-state index contributed by atoms with van der Waals surface area (Å²) in [5, 5.41) is 0. The Morgan fingerprint density at radius 3 is 1.33 bits per heavy atom. The van der Waals surface area contributed by atoms with Gasteiger partial charge in [0.05, 0.1) is 0 Å². The smallest absolute Gasteiger partial charge is 0 e. The van der Waals surface area contributed by atoms with Crippen LogP contribution in [0.25, 0.3) is 0 Å². The Hall–Kier alpha value is 0.350. The highest BCUT2D eigenvalue weighted by atomic mass is 32.1. The molecule has 2 radical (unpaired) electrons. The fourth-order valence-corrected chi connectivity index (χ4v) is 0.354. The normalized spacial score (nSPS) is 7.00. The van der Waals surface area contributed by atoms with Gasteiger partial charge in [0.15, 0.2) is 0 Å². The zero-order valence-electron chi connectivity index (χ0n) is 4.53. The fourth-order valence-electron chi connectivity index (χ4n) is 0.354. The molecule has 0 amide bonds. The second kappa shape index (κ2) is 9.02.